The Morgan fingerprint density at radius 1 is 0.947 bits per heavy atom. The molecule has 3 aliphatic heterocycles. The van der Waals surface area contributed by atoms with E-state index in [0.717, 1.165) is 12.1 Å². The summed E-state index contributed by atoms with van der Waals surface area (Å²) in [6, 6.07) is 1.73. The van der Waals surface area contributed by atoms with E-state index in [1.54, 1.807) is 0 Å². The van der Waals surface area contributed by atoms with Crippen molar-refractivity contribution in [3.8, 4) is 0 Å². The molecule has 0 saturated carbocycles. The lowest BCUT2D eigenvalue weighted by Crippen LogP contribution is -2.54. The van der Waals surface area contributed by atoms with E-state index in [-0.39, 0.29) is 0 Å². The molecule has 1 N–H and O–H groups in total. The summed E-state index contributed by atoms with van der Waals surface area (Å²) in [6.07, 6.45) is 8.14. The van der Waals surface area contributed by atoms with Crippen molar-refractivity contribution in [2.75, 3.05) is 32.7 Å². The minimum atomic E-state index is 0.378. The third-order valence-electron chi connectivity index (χ3n) is 6.02. The molecule has 0 bridgehead atoms. The van der Waals surface area contributed by atoms with E-state index in [4.69, 9.17) is 0 Å². The lowest BCUT2D eigenvalue weighted by Gasteiger charge is -2.39. The predicted molar refractivity (Wildman–Crippen MR) is 80.5 cm³/mol. The van der Waals surface area contributed by atoms with Crippen LogP contribution in [0.15, 0.2) is 0 Å². The molecule has 3 aliphatic rings. The van der Waals surface area contributed by atoms with Gasteiger partial charge in [0.25, 0.3) is 0 Å². The Labute approximate surface area is 118 Å². The zero-order valence-electron chi connectivity index (χ0n) is 12.8. The first-order valence-electron chi connectivity index (χ1n) is 8.51. The number of hydrogen-bond acceptors (Lipinski definition) is 3. The summed E-state index contributed by atoms with van der Waals surface area (Å²) in [5.41, 5.74) is 0.378. The van der Waals surface area contributed by atoms with Gasteiger partial charge in [0.1, 0.15) is 0 Å². The minimum absolute atomic E-state index is 0.378. The Bertz CT molecular complexity index is 300. The maximum atomic E-state index is 3.85. The van der Waals surface area contributed by atoms with Crippen LogP contribution in [-0.2, 0) is 0 Å². The molecule has 3 rings (SSSR count). The first-order chi connectivity index (χ1) is 9.28. The van der Waals surface area contributed by atoms with Gasteiger partial charge in [-0.2, -0.15) is 0 Å². The average Bonchev–Trinajstić information content (AvgIpc) is 2.97. The topological polar surface area (TPSA) is 18.5 Å². The van der Waals surface area contributed by atoms with Gasteiger partial charge < -0.3 is 5.32 Å². The van der Waals surface area contributed by atoms with Gasteiger partial charge in [-0.25, -0.2) is 0 Å². The van der Waals surface area contributed by atoms with Crippen LogP contribution in [0.4, 0.5) is 0 Å². The molecule has 19 heavy (non-hydrogen) atoms. The zero-order chi connectivity index (χ0) is 13.3. The lowest BCUT2D eigenvalue weighted by atomic mass is 9.91. The standard InChI is InChI=1S/C16H31N3/c1-3-16(4-2)13-19(11-6-9-17-16)15-8-12-18-10-5-7-14(15)18/h14-15,17H,3-13H2,1-2H3. The van der Waals surface area contributed by atoms with Crippen molar-refractivity contribution in [3.63, 3.8) is 0 Å². The third-order valence-corrected chi connectivity index (χ3v) is 6.02. The van der Waals surface area contributed by atoms with Crippen molar-refractivity contribution < 1.29 is 0 Å². The van der Waals surface area contributed by atoms with Gasteiger partial charge in [0, 0.05) is 30.7 Å². The maximum Gasteiger partial charge on any atom is 0.0303 e. The molecule has 0 aromatic carbocycles. The number of hydrogen-bond donors (Lipinski definition) is 1. The maximum absolute atomic E-state index is 3.85. The Kier molecular flexibility index (Phi) is 4.16. The normalized spacial score (nSPS) is 36.3. The van der Waals surface area contributed by atoms with E-state index in [1.807, 2.05) is 0 Å². The van der Waals surface area contributed by atoms with Crippen LogP contribution in [0.5, 0.6) is 0 Å². The molecule has 0 radical (unpaired) electrons. The molecule has 3 heterocycles. The molecule has 0 spiro atoms. The summed E-state index contributed by atoms with van der Waals surface area (Å²) in [4.78, 5) is 5.60. The summed E-state index contributed by atoms with van der Waals surface area (Å²) >= 11 is 0. The molecule has 2 unspecified atom stereocenters. The number of rotatable bonds is 3. The van der Waals surface area contributed by atoms with E-state index in [9.17, 15) is 0 Å². The van der Waals surface area contributed by atoms with Crippen molar-refractivity contribution in [3.05, 3.63) is 0 Å². The molecule has 0 aliphatic carbocycles. The van der Waals surface area contributed by atoms with E-state index >= 15 is 0 Å². The second-order valence-corrected chi connectivity index (χ2v) is 6.84. The second-order valence-electron chi connectivity index (χ2n) is 6.84. The summed E-state index contributed by atoms with van der Waals surface area (Å²) in [7, 11) is 0. The van der Waals surface area contributed by atoms with E-state index < -0.39 is 0 Å². The molecule has 3 saturated heterocycles. The van der Waals surface area contributed by atoms with Crippen LogP contribution in [0, 0.1) is 0 Å². The average molecular weight is 265 g/mol. The van der Waals surface area contributed by atoms with Crippen molar-refractivity contribution in [2.45, 2.75) is 70.0 Å². The molecular weight excluding hydrogens is 234 g/mol. The van der Waals surface area contributed by atoms with Gasteiger partial charge in [-0.3, -0.25) is 9.80 Å². The van der Waals surface area contributed by atoms with E-state index in [2.05, 4.69) is 29.0 Å². The Morgan fingerprint density at radius 2 is 1.68 bits per heavy atom. The van der Waals surface area contributed by atoms with Crippen molar-refractivity contribution in [1.29, 1.82) is 0 Å². The largest absolute Gasteiger partial charge is 0.310 e. The molecular formula is C16H31N3. The van der Waals surface area contributed by atoms with Gasteiger partial charge in [0.15, 0.2) is 0 Å². The van der Waals surface area contributed by atoms with Crippen molar-refractivity contribution in [2.24, 2.45) is 0 Å². The highest BCUT2D eigenvalue weighted by Gasteiger charge is 2.42. The molecule has 110 valence electrons. The van der Waals surface area contributed by atoms with Crippen molar-refractivity contribution >= 4 is 0 Å². The smallest absolute Gasteiger partial charge is 0.0303 e. The molecule has 0 aromatic heterocycles. The van der Waals surface area contributed by atoms with Gasteiger partial charge in [-0.15, -0.1) is 0 Å². The van der Waals surface area contributed by atoms with Crippen LogP contribution in [0.1, 0.15) is 52.4 Å². The van der Waals surface area contributed by atoms with E-state index in [0.29, 0.717) is 5.54 Å². The highest BCUT2D eigenvalue weighted by molar-refractivity contribution is 5.00. The van der Waals surface area contributed by atoms with Crippen LogP contribution >= 0.6 is 0 Å². The number of nitrogens with one attached hydrogen (secondary N) is 1. The van der Waals surface area contributed by atoms with Crippen LogP contribution in [0.3, 0.4) is 0 Å². The van der Waals surface area contributed by atoms with Crippen LogP contribution in [-0.4, -0.2) is 60.1 Å². The first kappa shape index (κ1) is 13.8. The Morgan fingerprint density at radius 3 is 2.47 bits per heavy atom. The number of fused-ring (bicyclic) bond motifs is 1. The highest BCUT2D eigenvalue weighted by Crippen LogP contribution is 2.33. The monoisotopic (exact) mass is 265 g/mol. The van der Waals surface area contributed by atoms with Crippen LogP contribution in [0.2, 0.25) is 0 Å². The molecule has 0 amide bonds. The molecule has 0 aromatic rings. The third kappa shape index (κ3) is 2.57. The SMILES string of the molecule is CCC1(CC)CN(C2CCN3CCCC23)CCCN1. The second kappa shape index (κ2) is 5.71. The predicted octanol–water partition coefficient (Wildman–Crippen LogP) is 2.08. The summed E-state index contributed by atoms with van der Waals surface area (Å²) in [5.74, 6) is 0. The fourth-order valence-electron chi connectivity index (χ4n) is 4.65. The lowest BCUT2D eigenvalue weighted by molar-refractivity contribution is 0.125. The fourth-order valence-corrected chi connectivity index (χ4v) is 4.65. The van der Waals surface area contributed by atoms with Crippen molar-refractivity contribution in [1.82, 2.24) is 15.1 Å². The zero-order valence-corrected chi connectivity index (χ0v) is 12.8. The van der Waals surface area contributed by atoms with Gasteiger partial charge in [-0.1, -0.05) is 13.8 Å². The van der Waals surface area contributed by atoms with Crippen LogP contribution in [0.25, 0.3) is 0 Å². The summed E-state index contributed by atoms with van der Waals surface area (Å²) < 4.78 is 0. The first-order valence-corrected chi connectivity index (χ1v) is 8.51. The Hall–Kier alpha value is -0.120. The minimum Gasteiger partial charge on any atom is -0.310 e. The van der Waals surface area contributed by atoms with Gasteiger partial charge >= 0.3 is 0 Å². The fraction of sp³-hybridized carbons (Fsp3) is 1.00. The quantitative estimate of drug-likeness (QED) is 0.843. The molecule has 2 atom stereocenters. The summed E-state index contributed by atoms with van der Waals surface area (Å²) in [6.45, 7) is 11.2. The number of nitrogens with zero attached hydrogens (tertiary/aromatic N) is 2. The molecule has 3 fully saturated rings. The van der Waals surface area contributed by atoms with E-state index in [1.165, 1.54) is 71.2 Å². The molecule has 3 nitrogen and oxygen atoms in total. The highest BCUT2D eigenvalue weighted by atomic mass is 15.3. The van der Waals surface area contributed by atoms with Crippen LogP contribution < -0.4 is 5.32 Å². The van der Waals surface area contributed by atoms with Gasteiger partial charge in [0.05, 0.1) is 0 Å². The Balaban J connectivity index is 1.72. The summed E-state index contributed by atoms with van der Waals surface area (Å²) in [5, 5.41) is 3.85. The van der Waals surface area contributed by atoms with Gasteiger partial charge in [0.2, 0.25) is 0 Å². The van der Waals surface area contributed by atoms with Gasteiger partial charge in [-0.05, 0) is 58.2 Å². The molecule has 3 heteroatoms.